The Morgan fingerprint density at radius 1 is 0.475 bits per heavy atom. The topological polar surface area (TPSA) is 68.0 Å². The van der Waals surface area contributed by atoms with Gasteiger partial charge in [0, 0.05) is 32.5 Å². The molecule has 6 nitrogen and oxygen atoms in total. The molecule has 0 radical (unpaired) electrons. The highest BCUT2D eigenvalue weighted by atomic mass is 16.3. The first kappa shape index (κ1) is 32.2. The molecular weight excluding hydrogens is 725 g/mol. The molecule has 1 N–H and O–H groups in total. The third-order valence-electron chi connectivity index (χ3n) is 12.0. The fraction of sp³-hybridized carbons (Fsp3) is 0.0189. The van der Waals surface area contributed by atoms with Gasteiger partial charge in [0.25, 0.3) is 0 Å². The molecule has 0 spiro atoms. The zero-order valence-corrected chi connectivity index (χ0v) is 31.6. The minimum Gasteiger partial charge on any atom is -0.456 e. The van der Waals surface area contributed by atoms with Gasteiger partial charge in [0.1, 0.15) is 34.3 Å². The standard InChI is InChI=1S/C53H32N4O2/c1-2-12-32-27-35(22-21-31(32)11-1)51-54-52(36-23-26-48-42(29-36)38-16-6-9-19-46(38)58-48)56-53(55-51)40-24-25-44(49-39-17-7-10-20-47(39)59-50(40)49)57-43-18-8-5-15-37(43)41-28-33-13-3-4-14-34(33)30-45(41)57/h1-30,52H,(H,54,55,56). The van der Waals surface area contributed by atoms with Crippen LogP contribution in [0.4, 0.5) is 0 Å². The van der Waals surface area contributed by atoms with E-state index in [1.54, 1.807) is 0 Å². The number of fused-ring (bicyclic) bond motifs is 11. The molecule has 0 bridgehead atoms. The van der Waals surface area contributed by atoms with Crippen LogP contribution in [0.25, 0.3) is 92.9 Å². The van der Waals surface area contributed by atoms with Gasteiger partial charge in [0.15, 0.2) is 5.84 Å². The van der Waals surface area contributed by atoms with Gasteiger partial charge in [-0.15, -0.1) is 0 Å². The Morgan fingerprint density at radius 3 is 2.00 bits per heavy atom. The molecule has 6 heteroatoms. The number of para-hydroxylation sites is 3. The van der Waals surface area contributed by atoms with E-state index in [0.717, 1.165) is 88.5 Å². The number of furan rings is 2. The van der Waals surface area contributed by atoms with Crippen molar-refractivity contribution in [2.75, 3.05) is 0 Å². The monoisotopic (exact) mass is 756 g/mol. The zero-order chi connectivity index (χ0) is 38.6. The van der Waals surface area contributed by atoms with Crippen LogP contribution in [0.15, 0.2) is 201 Å². The third-order valence-corrected chi connectivity index (χ3v) is 12.0. The molecule has 3 aromatic heterocycles. The smallest absolute Gasteiger partial charge is 0.163 e. The van der Waals surface area contributed by atoms with E-state index in [4.69, 9.17) is 18.8 Å². The van der Waals surface area contributed by atoms with Crippen molar-refractivity contribution in [3.8, 4) is 5.69 Å². The van der Waals surface area contributed by atoms with Crippen molar-refractivity contribution in [2.24, 2.45) is 9.98 Å². The van der Waals surface area contributed by atoms with E-state index in [1.165, 1.54) is 26.9 Å². The summed E-state index contributed by atoms with van der Waals surface area (Å²) in [5.41, 5.74) is 9.38. The molecule has 9 aromatic carbocycles. The Morgan fingerprint density at radius 2 is 1.15 bits per heavy atom. The van der Waals surface area contributed by atoms with Crippen molar-refractivity contribution < 1.29 is 8.83 Å². The summed E-state index contributed by atoms with van der Waals surface area (Å²) in [5.74, 6) is 1.34. The minimum absolute atomic E-state index is 0.438. The van der Waals surface area contributed by atoms with E-state index in [0.29, 0.717) is 5.84 Å². The van der Waals surface area contributed by atoms with Crippen molar-refractivity contribution in [2.45, 2.75) is 6.17 Å². The third kappa shape index (κ3) is 4.87. The molecule has 1 unspecified atom stereocenters. The number of rotatable bonds is 4. The molecule has 1 aliphatic heterocycles. The lowest BCUT2D eigenvalue weighted by molar-refractivity contribution is 0.660. The van der Waals surface area contributed by atoms with E-state index in [1.807, 2.05) is 36.4 Å². The molecule has 1 aliphatic rings. The molecule has 12 aromatic rings. The molecule has 13 rings (SSSR count). The average Bonchev–Trinajstić information content (AvgIpc) is 3.97. The molecule has 4 heterocycles. The second-order valence-corrected chi connectivity index (χ2v) is 15.4. The molecule has 0 saturated carbocycles. The van der Waals surface area contributed by atoms with Gasteiger partial charge in [-0.3, -0.25) is 0 Å². The first-order valence-corrected chi connectivity index (χ1v) is 19.9. The van der Waals surface area contributed by atoms with Crippen molar-refractivity contribution in [1.82, 2.24) is 9.88 Å². The van der Waals surface area contributed by atoms with Gasteiger partial charge in [-0.25, -0.2) is 9.98 Å². The van der Waals surface area contributed by atoms with E-state index < -0.39 is 6.17 Å². The van der Waals surface area contributed by atoms with Crippen molar-refractivity contribution >= 4 is 98.9 Å². The predicted octanol–water partition coefficient (Wildman–Crippen LogP) is 13.4. The van der Waals surface area contributed by atoms with Gasteiger partial charge in [-0.2, -0.15) is 0 Å². The molecule has 0 amide bonds. The number of nitrogens with zero attached hydrogens (tertiary/aromatic N) is 3. The Hall–Kier alpha value is -7.96. The number of amidine groups is 2. The van der Waals surface area contributed by atoms with Crippen LogP contribution in [-0.2, 0) is 0 Å². The summed E-state index contributed by atoms with van der Waals surface area (Å²) in [6.45, 7) is 0. The van der Waals surface area contributed by atoms with Gasteiger partial charge in [-0.05, 0) is 87.8 Å². The van der Waals surface area contributed by atoms with Crippen LogP contribution in [0.3, 0.4) is 0 Å². The Bertz CT molecular complexity index is 3790. The summed E-state index contributed by atoms with van der Waals surface area (Å²) in [5, 5.41) is 15.0. The fourth-order valence-electron chi connectivity index (χ4n) is 9.22. The minimum atomic E-state index is -0.438. The van der Waals surface area contributed by atoms with Crippen molar-refractivity contribution in [3.63, 3.8) is 0 Å². The van der Waals surface area contributed by atoms with E-state index in [9.17, 15) is 0 Å². The zero-order valence-electron chi connectivity index (χ0n) is 31.6. The van der Waals surface area contributed by atoms with Gasteiger partial charge >= 0.3 is 0 Å². The maximum absolute atomic E-state index is 6.91. The number of nitrogens with one attached hydrogen (secondary N) is 1. The quantitative estimate of drug-likeness (QED) is 0.194. The lowest BCUT2D eigenvalue weighted by atomic mass is 10.0. The molecule has 59 heavy (non-hydrogen) atoms. The highest BCUT2D eigenvalue weighted by Crippen LogP contribution is 2.42. The maximum Gasteiger partial charge on any atom is 0.163 e. The van der Waals surface area contributed by atoms with Crippen molar-refractivity contribution in [1.29, 1.82) is 0 Å². The first-order chi connectivity index (χ1) is 29.2. The molecule has 276 valence electrons. The predicted molar refractivity (Wildman–Crippen MR) is 242 cm³/mol. The van der Waals surface area contributed by atoms with Crippen LogP contribution in [0.5, 0.6) is 0 Å². The Kier molecular flexibility index (Phi) is 6.69. The number of aromatic nitrogens is 1. The molecule has 0 aliphatic carbocycles. The van der Waals surface area contributed by atoms with Gasteiger partial charge in [-0.1, -0.05) is 121 Å². The van der Waals surface area contributed by atoms with Gasteiger partial charge < -0.3 is 18.7 Å². The summed E-state index contributed by atoms with van der Waals surface area (Å²) in [6.07, 6.45) is -0.438. The Labute approximate surface area is 336 Å². The first-order valence-electron chi connectivity index (χ1n) is 19.9. The summed E-state index contributed by atoms with van der Waals surface area (Å²) >= 11 is 0. The van der Waals surface area contributed by atoms with E-state index >= 15 is 0 Å². The van der Waals surface area contributed by atoms with E-state index in [2.05, 4.69) is 155 Å². The molecule has 0 saturated heterocycles. The largest absolute Gasteiger partial charge is 0.456 e. The number of hydrogen-bond donors (Lipinski definition) is 1. The van der Waals surface area contributed by atoms with Crippen LogP contribution >= 0.6 is 0 Å². The lowest BCUT2D eigenvalue weighted by Crippen LogP contribution is -2.33. The molecule has 1 atom stereocenters. The molecular formula is C53H32N4O2. The van der Waals surface area contributed by atoms with Crippen LogP contribution < -0.4 is 5.32 Å². The van der Waals surface area contributed by atoms with E-state index in [-0.39, 0.29) is 0 Å². The van der Waals surface area contributed by atoms with Gasteiger partial charge in [0.05, 0.1) is 27.7 Å². The summed E-state index contributed by atoms with van der Waals surface area (Å²) in [6, 6.07) is 63.9. The lowest BCUT2D eigenvalue weighted by Gasteiger charge is -2.24. The van der Waals surface area contributed by atoms with Crippen LogP contribution in [0.1, 0.15) is 22.9 Å². The second kappa shape index (κ2) is 12.3. The number of hydrogen-bond acceptors (Lipinski definition) is 5. The van der Waals surface area contributed by atoms with Crippen molar-refractivity contribution in [3.05, 3.63) is 199 Å². The van der Waals surface area contributed by atoms with Crippen LogP contribution in [0.2, 0.25) is 0 Å². The maximum atomic E-state index is 6.91. The fourth-order valence-corrected chi connectivity index (χ4v) is 9.22. The summed E-state index contributed by atoms with van der Waals surface area (Å²) < 4.78 is 15.5. The summed E-state index contributed by atoms with van der Waals surface area (Å²) in [4.78, 5) is 10.7. The number of benzene rings is 9. The SMILES string of the molecule is c1ccc2cc(C3=NC(c4ccc(-n5c6ccccc6c6cc7ccccc7cc65)c5c4oc4ccccc45)=NC(c4ccc5oc6ccccc6c5c4)N3)ccc2c1. The van der Waals surface area contributed by atoms with Crippen LogP contribution in [0, 0.1) is 0 Å². The highest BCUT2D eigenvalue weighted by Gasteiger charge is 2.27. The summed E-state index contributed by atoms with van der Waals surface area (Å²) in [7, 11) is 0. The molecule has 0 fully saturated rings. The normalized spacial score (nSPS) is 14.6. The average molecular weight is 757 g/mol. The number of aliphatic imine (C=N–C) groups is 2. The second-order valence-electron chi connectivity index (χ2n) is 15.4. The van der Waals surface area contributed by atoms with Gasteiger partial charge in [0.2, 0.25) is 0 Å². The Balaban J connectivity index is 1.06. The van der Waals surface area contributed by atoms with Crippen LogP contribution in [-0.4, -0.2) is 16.2 Å². The highest BCUT2D eigenvalue weighted by molar-refractivity contribution is 6.23.